The average molecular weight is 205 g/mol. The number of nitrogens with one attached hydrogen (secondary N) is 1. The van der Waals surface area contributed by atoms with Gasteiger partial charge in [0.05, 0.1) is 13.2 Å². The number of piperazine rings is 1. The van der Waals surface area contributed by atoms with E-state index >= 15 is 0 Å². The number of hydrogen-bond donors (Lipinski definition) is 2. The summed E-state index contributed by atoms with van der Waals surface area (Å²) in [7, 11) is 0. The zero-order valence-corrected chi connectivity index (χ0v) is 9.59. The molecule has 0 aromatic heterocycles. The van der Waals surface area contributed by atoms with Crippen LogP contribution in [0.3, 0.4) is 0 Å². The van der Waals surface area contributed by atoms with Crippen LogP contribution in [0, 0.1) is 0 Å². The van der Waals surface area contributed by atoms with Gasteiger partial charge in [-0.15, -0.1) is 0 Å². The molecule has 1 aliphatic heterocycles. The molecule has 1 aliphatic rings. The van der Waals surface area contributed by atoms with Crippen LogP contribution >= 0.6 is 0 Å². The maximum Gasteiger partial charge on any atom is 0.0594 e. The Hall–Kier alpha value is -0.160. The molecule has 0 aromatic rings. The summed E-state index contributed by atoms with van der Waals surface area (Å²) in [5.74, 6) is 0. The molecule has 0 aliphatic carbocycles. The molecule has 0 amide bonds. The normalized spacial score (nSPS) is 17.4. The highest BCUT2D eigenvalue weighted by Gasteiger charge is 2.07. The minimum absolute atomic E-state index is 0. The van der Waals surface area contributed by atoms with E-state index in [0.717, 1.165) is 39.3 Å². The number of nitrogens with zero attached hydrogens (tertiary/aromatic N) is 1. The van der Waals surface area contributed by atoms with Gasteiger partial charge in [0.25, 0.3) is 0 Å². The third-order valence-electron chi connectivity index (χ3n) is 2.02. The Balaban J connectivity index is 0. The molecule has 0 saturated carbocycles. The van der Waals surface area contributed by atoms with Gasteiger partial charge in [0.15, 0.2) is 0 Å². The maximum atomic E-state index is 5.30. The predicted octanol–water partition coefficient (Wildman–Crippen LogP) is 0.139. The summed E-state index contributed by atoms with van der Waals surface area (Å²) in [6, 6.07) is 0. The fourth-order valence-corrected chi connectivity index (χ4v) is 1.31. The zero-order valence-electron chi connectivity index (χ0n) is 9.59. The van der Waals surface area contributed by atoms with Crippen molar-refractivity contribution >= 4 is 0 Å². The monoisotopic (exact) mass is 205 g/mol. The Morgan fingerprint density at radius 3 is 2.50 bits per heavy atom. The van der Waals surface area contributed by atoms with E-state index in [-0.39, 0.29) is 1.43 Å². The van der Waals surface area contributed by atoms with Gasteiger partial charge in [-0.1, -0.05) is 13.8 Å². The number of ether oxygens (including phenoxy) is 1. The van der Waals surface area contributed by atoms with Crippen molar-refractivity contribution in [2.75, 3.05) is 52.5 Å². The molecule has 0 bridgehead atoms. The van der Waals surface area contributed by atoms with E-state index in [1.165, 1.54) is 0 Å². The Morgan fingerprint density at radius 1 is 1.29 bits per heavy atom. The smallest absolute Gasteiger partial charge is 0.0594 e. The van der Waals surface area contributed by atoms with E-state index in [4.69, 9.17) is 10.5 Å². The Morgan fingerprint density at radius 2 is 1.93 bits per heavy atom. The topological polar surface area (TPSA) is 50.5 Å². The van der Waals surface area contributed by atoms with Gasteiger partial charge in [0.1, 0.15) is 0 Å². The molecule has 0 unspecified atom stereocenters. The van der Waals surface area contributed by atoms with Crippen molar-refractivity contribution in [2.45, 2.75) is 13.8 Å². The summed E-state index contributed by atoms with van der Waals surface area (Å²) >= 11 is 0. The first-order valence-corrected chi connectivity index (χ1v) is 5.64. The zero-order chi connectivity index (χ0) is 10.6. The van der Waals surface area contributed by atoms with Crippen LogP contribution in [0.2, 0.25) is 0 Å². The van der Waals surface area contributed by atoms with E-state index in [1.807, 2.05) is 13.8 Å². The lowest BCUT2D eigenvalue weighted by Gasteiger charge is -2.26. The van der Waals surface area contributed by atoms with Crippen molar-refractivity contribution in [1.82, 2.24) is 10.2 Å². The van der Waals surface area contributed by atoms with Gasteiger partial charge in [-0.05, 0) is 0 Å². The number of rotatable bonds is 5. The summed E-state index contributed by atoms with van der Waals surface area (Å²) < 4.78 is 5.30. The van der Waals surface area contributed by atoms with Gasteiger partial charge in [-0.25, -0.2) is 0 Å². The van der Waals surface area contributed by atoms with Crippen molar-refractivity contribution in [1.29, 1.82) is 0 Å². The fourth-order valence-electron chi connectivity index (χ4n) is 1.31. The van der Waals surface area contributed by atoms with Crippen molar-refractivity contribution < 1.29 is 6.16 Å². The molecule has 3 N–H and O–H groups in total. The minimum atomic E-state index is 0. The first-order chi connectivity index (χ1) is 6.93. The highest BCUT2D eigenvalue weighted by molar-refractivity contribution is 4.66. The number of hydrogen-bond acceptors (Lipinski definition) is 4. The van der Waals surface area contributed by atoms with E-state index < -0.39 is 0 Å². The van der Waals surface area contributed by atoms with Crippen molar-refractivity contribution in [2.24, 2.45) is 5.73 Å². The molecule has 4 nitrogen and oxygen atoms in total. The van der Waals surface area contributed by atoms with Crippen LogP contribution < -0.4 is 11.1 Å². The van der Waals surface area contributed by atoms with Crippen LogP contribution in [-0.2, 0) is 4.74 Å². The summed E-state index contributed by atoms with van der Waals surface area (Å²) in [5, 5.41) is 3.31. The molecular formula is C10H27N3O. The molecule has 1 fully saturated rings. The summed E-state index contributed by atoms with van der Waals surface area (Å²) in [6.45, 7) is 11.7. The first-order valence-electron chi connectivity index (χ1n) is 5.64. The molecule has 0 spiro atoms. The standard InChI is InChI=1S/C8H19N3O.C2H6.H2/c9-1-7-12-8-6-11-4-2-10-3-5-11;1-2;/h10H,1-9H2;1-2H3;1H. The van der Waals surface area contributed by atoms with Crippen LogP contribution in [0.5, 0.6) is 0 Å². The van der Waals surface area contributed by atoms with E-state index in [2.05, 4.69) is 10.2 Å². The second-order valence-electron chi connectivity index (χ2n) is 2.99. The molecule has 4 heteroatoms. The van der Waals surface area contributed by atoms with E-state index in [9.17, 15) is 0 Å². The lowest BCUT2D eigenvalue weighted by atomic mass is 10.4. The van der Waals surface area contributed by atoms with Crippen LogP contribution in [-0.4, -0.2) is 57.4 Å². The Labute approximate surface area is 89.3 Å². The van der Waals surface area contributed by atoms with Gasteiger partial charge in [-0.2, -0.15) is 0 Å². The third-order valence-corrected chi connectivity index (χ3v) is 2.02. The Bertz CT molecular complexity index is 111. The summed E-state index contributed by atoms with van der Waals surface area (Å²) in [4.78, 5) is 2.41. The molecule has 88 valence electrons. The van der Waals surface area contributed by atoms with Crippen LogP contribution in [0.1, 0.15) is 15.3 Å². The number of nitrogens with two attached hydrogens (primary N) is 1. The molecule has 1 heterocycles. The minimum Gasteiger partial charge on any atom is -0.379 e. The average Bonchev–Trinajstić information content (AvgIpc) is 2.29. The highest BCUT2D eigenvalue weighted by Crippen LogP contribution is 1.90. The quantitative estimate of drug-likeness (QED) is 0.627. The van der Waals surface area contributed by atoms with Crippen molar-refractivity contribution in [3.05, 3.63) is 0 Å². The van der Waals surface area contributed by atoms with Crippen molar-refractivity contribution in [3.63, 3.8) is 0 Å². The predicted molar refractivity (Wildman–Crippen MR) is 62.6 cm³/mol. The van der Waals surface area contributed by atoms with Gasteiger partial charge in [-0.3, -0.25) is 4.90 Å². The maximum absolute atomic E-state index is 5.30. The van der Waals surface area contributed by atoms with Crippen LogP contribution in [0.25, 0.3) is 0 Å². The van der Waals surface area contributed by atoms with Crippen molar-refractivity contribution in [3.8, 4) is 0 Å². The summed E-state index contributed by atoms with van der Waals surface area (Å²) in [5.41, 5.74) is 5.30. The first kappa shape index (κ1) is 13.8. The van der Waals surface area contributed by atoms with Crippen LogP contribution in [0.4, 0.5) is 0 Å². The highest BCUT2D eigenvalue weighted by atomic mass is 16.5. The molecule has 1 rings (SSSR count). The van der Waals surface area contributed by atoms with Gasteiger partial charge in [0.2, 0.25) is 0 Å². The lowest BCUT2D eigenvalue weighted by Crippen LogP contribution is -2.44. The molecule has 14 heavy (non-hydrogen) atoms. The van der Waals surface area contributed by atoms with E-state index in [1.54, 1.807) is 0 Å². The van der Waals surface area contributed by atoms with Gasteiger partial charge >= 0.3 is 0 Å². The Kier molecular flexibility index (Phi) is 10.8. The second kappa shape index (κ2) is 10.9. The molecule has 0 atom stereocenters. The molecule has 0 radical (unpaired) electrons. The lowest BCUT2D eigenvalue weighted by molar-refractivity contribution is 0.104. The van der Waals surface area contributed by atoms with Gasteiger partial charge in [0, 0.05) is 40.7 Å². The van der Waals surface area contributed by atoms with Crippen LogP contribution in [0.15, 0.2) is 0 Å². The van der Waals surface area contributed by atoms with E-state index in [0.29, 0.717) is 13.2 Å². The van der Waals surface area contributed by atoms with Gasteiger partial charge < -0.3 is 15.8 Å². The summed E-state index contributed by atoms with van der Waals surface area (Å²) in [6.07, 6.45) is 0. The second-order valence-corrected chi connectivity index (χ2v) is 2.99. The molecular weight excluding hydrogens is 178 g/mol. The molecule has 0 aromatic carbocycles. The third kappa shape index (κ3) is 7.26. The fraction of sp³-hybridized carbons (Fsp3) is 1.00. The molecule has 1 saturated heterocycles. The largest absolute Gasteiger partial charge is 0.379 e. The SMILES string of the molecule is CC.NCCOCCN1CCNCC1.[HH].